The second-order valence-corrected chi connectivity index (χ2v) is 8.16. The number of nitrogens with zero attached hydrogens (tertiary/aromatic N) is 3. The van der Waals surface area contributed by atoms with Crippen molar-refractivity contribution >= 4 is 16.8 Å². The first-order valence-corrected chi connectivity index (χ1v) is 10.2. The maximum atomic E-state index is 13.0. The van der Waals surface area contributed by atoms with Gasteiger partial charge in [0.05, 0.1) is 17.2 Å². The Labute approximate surface area is 166 Å². The Morgan fingerprint density at radius 2 is 2.07 bits per heavy atom. The third kappa shape index (κ3) is 3.56. The zero-order valence-electron chi connectivity index (χ0n) is 16.6. The van der Waals surface area contributed by atoms with Crippen molar-refractivity contribution in [2.45, 2.75) is 44.2 Å². The number of hydrogen-bond acceptors (Lipinski definition) is 4. The first kappa shape index (κ1) is 19.1. The number of carbonyl (C=O) groups is 1. The molecule has 0 aliphatic carbocycles. The lowest BCUT2D eigenvalue weighted by Crippen LogP contribution is -2.51. The zero-order chi connectivity index (χ0) is 19.7. The van der Waals surface area contributed by atoms with E-state index in [2.05, 4.69) is 22.5 Å². The topological polar surface area (TPSA) is 56.7 Å². The number of aryl methyl sites for hydroxylation is 1. The molecule has 1 N–H and O–H groups in total. The van der Waals surface area contributed by atoms with Crippen LogP contribution in [0.15, 0.2) is 43.0 Å². The Balaban J connectivity index is 1.46. The molecular weight excluding hydrogens is 350 g/mol. The Kier molecular flexibility index (Phi) is 5.21. The highest BCUT2D eigenvalue weighted by atomic mass is 16.3. The van der Waals surface area contributed by atoms with Crippen molar-refractivity contribution in [3.05, 3.63) is 54.2 Å². The molecule has 2 saturated heterocycles. The fourth-order valence-electron chi connectivity index (χ4n) is 4.60. The van der Waals surface area contributed by atoms with E-state index in [1.165, 1.54) is 0 Å². The largest absolute Gasteiger partial charge is 0.385 e. The molecule has 1 unspecified atom stereocenters. The highest BCUT2D eigenvalue weighted by molar-refractivity contribution is 5.82. The molecule has 5 nitrogen and oxygen atoms in total. The smallest absolute Gasteiger partial charge is 0.239 e. The predicted molar refractivity (Wildman–Crippen MR) is 111 cm³/mol. The molecule has 0 radical (unpaired) electrons. The number of rotatable bonds is 4. The van der Waals surface area contributed by atoms with Crippen molar-refractivity contribution in [3.8, 4) is 0 Å². The van der Waals surface area contributed by atoms with Crippen molar-refractivity contribution in [3.63, 3.8) is 0 Å². The molecule has 1 aromatic carbocycles. The normalized spacial score (nSPS) is 22.5. The molecule has 1 amide bonds. The van der Waals surface area contributed by atoms with Crippen molar-refractivity contribution < 1.29 is 9.90 Å². The second-order valence-electron chi connectivity index (χ2n) is 8.16. The summed E-state index contributed by atoms with van der Waals surface area (Å²) in [6, 6.07) is 10.0. The number of piperidine rings is 1. The van der Waals surface area contributed by atoms with E-state index in [4.69, 9.17) is 0 Å². The van der Waals surface area contributed by atoms with E-state index >= 15 is 0 Å². The summed E-state index contributed by atoms with van der Waals surface area (Å²) in [6.45, 7) is 8.70. The minimum atomic E-state index is -0.883. The van der Waals surface area contributed by atoms with Gasteiger partial charge in [-0.05, 0) is 62.9 Å². The van der Waals surface area contributed by atoms with Gasteiger partial charge in [-0.2, -0.15) is 0 Å². The summed E-state index contributed by atoms with van der Waals surface area (Å²) in [6.07, 6.45) is 4.99. The Morgan fingerprint density at radius 3 is 2.82 bits per heavy atom. The lowest BCUT2D eigenvalue weighted by atomic mass is 9.83. The van der Waals surface area contributed by atoms with Crippen molar-refractivity contribution in [1.82, 2.24) is 14.8 Å². The van der Waals surface area contributed by atoms with Crippen LogP contribution >= 0.6 is 0 Å². The van der Waals surface area contributed by atoms with Gasteiger partial charge >= 0.3 is 0 Å². The Bertz CT molecular complexity index is 887. The van der Waals surface area contributed by atoms with Crippen LogP contribution < -0.4 is 0 Å². The lowest BCUT2D eigenvalue weighted by molar-refractivity contribution is -0.140. The summed E-state index contributed by atoms with van der Waals surface area (Å²) in [7, 11) is 0. The number of fused-ring (bicyclic) bond motifs is 1. The van der Waals surface area contributed by atoms with Crippen LogP contribution in [0, 0.1) is 6.92 Å². The van der Waals surface area contributed by atoms with Gasteiger partial charge in [-0.3, -0.25) is 14.7 Å². The van der Waals surface area contributed by atoms with E-state index in [1.54, 1.807) is 0 Å². The summed E-state index contributed by atoms with van der Waals surface area (Å²) in [5.41, 5.74) is 1.98. The molecule has 4 rings (SSSR count). The molecule has 2 aliphatic rings. The standard InChI is InChI=1S/C23H29N3O2/c1-3-12-25-13-4-5-21(25)22(27)26-14-10-23(28,11-15-26)19-8-9-20-18(16-19)7-6-17(2)24-20/h3,6-9,16,21,28H,1,4-5,10-15H2,2H3. The number of aromatic nitrogens is 1. The number of amides is 1. The number of hydrogen-bond donors (Lipinski definition) is 1. The predicted octanol–water partition coefficient (Wildman–Crippen LogP) is 3.00. The second kappa shape index (κ2) is 7.64. The lowest BCUT2D eigenvalue weighted by Gasteiger charge is -2.40. The summed E-state index contributed by atoms with van der Waals surface area (Å²) < 4.78 is 0. The van der Waals surface area contributed by atoms with Gasteiger partial charge in [0.15, 0.2) is 0 Å². The zero-order valence-corrected chi connectivity index (χ0v) is 16.6. The van der Waals surface area contributed by atoms with Gasteiger partial charge in [0.2, 0.25) is 5.91 Å². The first-order valence-electron chi connectivity index (χ1n) is 10.2. The van der Waals surface area contributed by atoms with Gasteiger partial charge in [0.25, 0.3) is 0 Å². The first-order chi connectivity index (χ1) is 13.5. The molecule has 0 spiro atoms. The number of benzene rings is 1. The highest BCUT2D eigenvalue weighted by Crippen LogP contribution is 2.35. The minimum Gasteiger partial charge on any atom is -0.385 e. The molecule has 28 heavy (non-hydrogen) atoms. The average Bonchev–Trinajstić information content (AvgIpc) is 3.16. The molecule has 1 atom stereocenters. The number of pyridine rings is 1. The van der Waals surface area contributed by atoms with Gasteiger partial charge in [-0.25, -0.2) is 0 Å². The number of carbonyl (C=O) groups excluding carboxylic acids is 1. The molecule has 2 aliphatic heterocycles. The van der Waals surface area contributed by atoms with Crippen LogP contribution in [0.25, 0.3) is 10.9 Å². The third-order valence-electron chi connectivity index (χ3n) is 6.28. The van der Waals surface area contributed by atoms with Gasteiger partial charge in [-0.15, -0.1) is 6.58 Å². The molecule has 3 heterocycles. The van der Waals surface area contributed by atoms with E-state index in [9.17, 15) is 9.90 Å². The fraction of sp³-hybridized carbons (Fsp3) is 0.478. The molecule has 2 fully saturated rings. The molecule has 1 aromatic heterocycles. The number of likely N-dealkylation sites (tertiary alicyclic amines) is 2. The van der Waals surface area contributed by atoms with Crippen molar-refractivity contribution in [1.29, 1.82) is 0 Å². The Morgan fingerprint density at radius 1 is 1.29 bits per heavy atom. The number of aliphatic hydroxyl groups is 1. The van der Waals surface area contributed by atoms with Crippen LogP contribution in [-0.4, -0.2) is 58.0 Å². The van der Waals surface area contributed by atoms with Crippen LogP contribution in [0.3, 0.4) is 0 Å². The van der Waals surface area contributed by atoms with E-state index in [0.717, 1.165) is 48.1 Å². The van der Waals surface area contributed by atoms with Crippen LogP contribution in [0.5, 0.6) is 0 Å². The summed E-state index contributed by atoms with van der Waals surface area (Å²) >= 11 is 0. The third-order valence-corrected chi connectivity index (χ3v) is 6.28. The van der Waals surface area contributed by atoms with Gasteiger partial charge in [-0.1, -0.05) is 18.2 Å². The molecular formula is C23H29N3O2. The maximum Gasteiger partial charge on any atom is 0.239 e. The van der Waals surface area contributed by atoms with Gasteiger partial charge in [0, 0.05) is 30.7 Å². The van der Waals surface area contributed by atoms with Crippen molar-refractivity contribution in [2.24, 2.45) is 0 Å². The fourth-order valence-corrected chi connectivity index (χ4v) is 4.60. The molecule has 2 aromatic rings. The van der Waals surface area contributed by atoms with E-state index in [-0.39, 0.29) is 11.9 Å². The van der Waals surface area contributed by atoms with Crippen LogP contribution in [-0.2, 0) is 10.4 Å². The van der Waals surface area contributed by atoms with Gasteiger partial charge in [0.1, 0.15) is 0 Å². The Hall–Kier alpha value is -2.24. The SMILES string of the molecule is C=CCN1CCCC1C(=O)N1CCC(O)(c2ccc3nc(C)ccc3c2)CC1. The highest BCUT2D eigenvalue weighted by Gasteiger charge is 2.39. The summed E-state index contributed by atoms with van der Waals surface area (Å²) in [5.74, 6) is 0.208. The average molecular weight is 380 g/mol. The molecule has 148 valence electrons. The van der Waals surface area contributed by atoms with E-state index < -0.39 is 5.60 Å². The van der Waals surface area contributed by atoms with E-state index in [1.807, 2.05) is 42.2 Å². The molecule has 0 saturated carbocycles. The summed E-state index contributed by atoms with van der Waals surface area (Å²) in [4.78, 5) is 21.7. The van der Waals surface area contributed by atoms with Crippen LogP contribution in [0.2, 0.25) is 0 Å². The van der Waals surface area contributed by atoms with Crippen LogP contribution in [0.1, 0.15) is 36.9 Å². The monoisotopic (exact) mass is 379 g/mol. The molecule has 0 bridgehead atoms. The van der Waals surface area contributed by atoms with Crippen molar-refractivity contribution in [2.75, 3.05) is 26.2 Å². The quantitative estimate of drug-likeness (QED) is 0.830. The minimum absolute atomic E-state index is 0.0285. The van der Waals surface area contributed by atoms with Crippen LogP contribution in [0.4, 0.5) is 0 Å². The van der Waals surface area contributed by atoms with Gasteiger partial charge < -0.3 is 10.0 Å². The van der Waals surface area contributed by atoms with E-state index in [0.29, 0.717) is 25.9 Å². The maximum absolute atomic E-state index is 13.0. The summed E-state index contributed by atoms with van der Waals surface area (Å²) in [5, 5.41) is 12.3. The molecule has 5 heteroatoms.